The molecule has 0 aliphatic heterocycles. The summed E-state index contributed by atoms with van der Waals surface area (Å²) >= 11 is 1.74. The highest BCUT2D eigenvalue weighted by molar-refractivity contribution is 7.18. The van der Waals surface area contributed by atoms with Crippen LogP contribution >= 0.6 is 11.3 Å². The molecule has 0 unspecified atom stereocenters. The Morgan fingerprint density at radius 1 is 1.23 bits per heavy atom. The van der Waals surface area contributed by atoms with Gasteiger partial charge in [0.15, 0.2) is 0 Å². The Bertz CT molecular complexity index is 574. The van der Waals surface area contributed by atoms with E-state index in [0.717, 1.165) is 11.2 Å². The summed E-state index contributed by atoms with van der Waals surface area (Å²) in [5.74, 6) is 0. The number of hydrogen-bond acceptors (Lipinski definition) is 2. The van der Waals surface area contributed by atoms with Crippen LogP contribution in [0.25, 0.3) is 21.3 Å². The molecular weight excluding hydrogens is 180 g/mol. The predicted molar refractivity (Wildman–Crippen MR) is 56.3 cm³/mol. The van der Waals surface area contributed by atoms with Gasteiger partial charge in [-0.05, 0) is 30.0 Å². The maximum absolute atomic E-state index is 5.73. The van der Waals surface area contributed by atoms with Crippen LogP contribution in [-0.2, 0) is 0 Å². The van der Waals surface area contributed by atoms with Gasteiger partial charge in [-0.2, -0.15) is 0 Å². The van der Waals surface area contributed by atoms with Crippen molar-refractivity contribution < 1.29 is 4.42 Å². The molecule has 0 amide bonds. The first kappa shape index (κ1) is 7.15. The molecule has 1 nitrogen and oxygen atoms in total. The second-order valence-corrected chi connectivity index (χ2v) is 4.08. The first-order valence-electron chi connectivity index (χ1n) is 4.21. The van der Waals surface area contributed by atoms with Crippen LogP contribution in [0.3, 0.4) is 0 Å². The zero-order valence-corrected chi connectivity index (χ0v) is 8.02. The van der Waals surface area contributed by atoms with E-state index in [4.69, 9.17) is 4.42 Å². The average molecular weight is 188 g/mol. The number of para-hydroxylation sites is 1. The zero-order chi connectivity index (χ0) is 8.84. The van der Waals surface area contributed by atoms with E-state index in [1.54, 1.807) is 11.3 Å². The summed E-state index contributed by atoms with van der Waals surface area (Å²) in [5, 5.41) is 3.31. The minimum absolute atomic E-state index is 1.01. The number of hydrogen-bond donors (Lipinski definition) is 0. The van der Waals surface area contributed by atoms with Crippen molar-refractivity contribution in [3.8, 4) is 0 Å². The lowest BCUT2D eigenvalue weighted by molar-refractivity contribution is 0.666. The molecule has 3 rings (SSSR count). The Kier molecular flexibility index (Phi) is 1.30. The van der Waals surface area contributed by atoms with Crippen LogP contribution in [0.2, 0.25) is 0 Å². The second-order valence-electron chi connectivity index (χ2n) is 3.17. The van der Waals surface area contributed by atoms with Crippen LogP contribution in [0, 0.1) is 6.92 Å². The van der Waals surface area contributed by atoms with E-state index in [0.29, 0.717) is 0 Å². The highest BCUT2D eigenvalue weighted by atomic mass is 32.1. The summed E-state index contributed by atoms with van der Waals surface area (Å²) in [5.41, 5.74) is 3.25. The number of rotatable bonds is 0. The van der Waals surface area contributed by atoms with Crippen LogP contribution in [-0.4, -0.2) is 0 Å². The third-order valence-corrected chi connectivity index (χ3v) is 3.23. The van der Waals surface area contributed by atoms with Gasteiger partial charge in [-0.25, -0.2) is 0 Å². The smallest absolute Gasteiger partial charge is 0.146 e. The molecule has 2 heterocycles. The highest BCUT2D eigenvalue weighted by Crippen LogP contribution is 2.33. The van der Waals surface area contributed by atoms with Crippen LogP contribution < -0.4 is 0 Å². The maximum atomic E-state index is 5.73. The first-order valence-corrected chi connectivity index (χ1v) is 5.09. The molecule has 0 saturated carbocycles. The summed E-state index contributed by atoms with van der Waals surface area (Å²) in [6.07, 6.45) is 0. The van der Waals surface area contributed by atoms with Crippen molar-refractivity contribution in [2.75, 3.05) is 0 Å². The van der Waals surface area contributed by atoms with Gasteiger partial charge >= 0.3 is 0 Å². The molecule has 0 N–H and O–H groups in total. The third kappa shape index (κ3) is 0.864. The molecule has 0 aliphatic rings. The molecule has 0 spiro atoms. The quantitative estimate of drug-likeness (QED) is 0.520. The molecule has 0 aliphatic carbocycles. The van der Waals surface area contributed by atoms with Crippen LogP contribution in [0.5, 0.6) is 0 Å². The highest BCUT2D eigenvalue weighted by Gasteiger charge is 2.08. The lowest BCUT2D eigenvalue weighted by Crippen LogP contribution is -1.70. The molecule has 0 atom stereocenters. The number of furan rings is 1. The van der Waals surface area contributed by atoms with Gasteiger partial charge in [-0.1, -0.05) is 12.1 Å². The normalized spacial score (nSPS) is 11.5. The SMILES string of the molecule is Cc1cccc2c1oc1ccsc12. The number of thiophene rings is 1. The molecule has 13 heavy (non-hydrogen) atoms. The first-order chi connectivity index (χ1) is 6.36. The minimum atomic E-state index is 1.01. The molecule has 3 aromatic rings. The Morgan fingerprint density at radius 3 is 3.08 bits per heavy atom. The summed E-state index contributed by atoms with van der Waals surface area (Å²) in [7, 11) is 0. The Balaban J connectivity index is 2.66. The molecule has 1 aromatic carbocycles. The van der Waals surface area contributed by atoms with Gasteiger partial charge in [0, 0.05) is 5.39 Å². The van der Waals surface area contributed by atoms with Gasteiger partial charge in [0.2, 0.25) is 0 Å². The number of fused-ring (bicyclic) bond motifs is 3. The van der Waals surface area contributed by atoms with E-state index in [2.05, 4.69) is 30.5 Å². The van der Waals surface area contributed by atoms with Crippen molar-refractivity contribution in [2.24, 2.45) is 0 Å². The van der Waals surface area contributed by atoms with Gasteiger partial charge in [0.05, 0.1) is 4.70 Å². The third-order valence-electron chi connectivity index (χ3n) is 2.30. The molecular formula is C11H8OS. The van der Waals surface area contributed by atoms with Gasteiger partial charge in [-0.15, -0.1) is 11.3 Å². The standard InChI is InChI=1S/C11H8OS/c1-7-3-2-4-8-10(7)12-9-5-6-13-11(8)9/h2-6H,1H3. The van der Waals surface area contributed by atoms with E-state index in [-0.39, 0.29) is 0 Å². The summed E-state index contributed by atoms with van der Waals surface area (Å²) in [6.45, 7) is 2.08. The average Bonchev–Trinajstić information content (AvgIpc) is 2.65. The van der Waals surface area contributed by atoms with Crippen molar-refractivity contribution in [1.82, 2.24) is 0 Å². The molecule has 0 radical (unpaired) electrons. The van der Waals surface area contributed by atoms with Gasteiger partial charge in [-0.3, -0.25) is 0 Å². The Hall–Kier alpha value is -1.28. The Labute approximate surface area is 79.6 Å². The minimum Gasteiger partial charge on any atom is -0.455 e. The second kappa shape index (κ2) is 2.36. The summed E-state index contributed by atoms with van der Waals surface area (Å²) in [4.78, 5) is 0. The zero-order valence-electron chi connectivity index (χ0n) is 7.20. The molecule has 2 heteroatoms. The lowest BCUT2D eigenvalue weighted by atomic mass is 10.2. The van der Waals surface area contributed by atoms with E-state index in [1.807, 2.05) is 6.07 Å². The summed E-state index contributed by atoms with van der Waals surface area (Å²) < 4.78 is 7.00. The molecule has 0 fully saturated rings. The molecule has 2 aromatic heterocycles. The van der Waals surface area contributed by atoms with Gasteiger partial charge < -0.3 is 4.42 Å². The monoisotopic (exact) mass is 188 g/mol. The number of benzene rings is 1. The van der Waals surface area contributed by atoms with Crippen molar-refractivity contribution in [2.45, 2.75) is 6.92 Å². The Morgan fingerprint density at radius 2 is 2.15 bits per heavy atom. The summed E-state index contributed by atoms with van der Waals surface area (Å²) in [6, 6.07) is 8.30. The van der Waals surface area contributed by atoms with E-state index in [9.17, 15) is 0 Å². The van der Waals surface area contributed by atoms with Gasteiger partial charge in [0.25, 0.3) is 0 Å². The fourth-order valence-electron chi connectivity index (χ4n) is 1.65. The molecule has 0 bridgehead atoms. The van der Waals surface area contributed by atoms with Crippen molar-refractivity contribution in [3.05, 3.63) is 35.2 Å². The van der Waals surface area contributed by atoms with E-state index in [1.165, 1.54) is 15.6 Å². The van der Waals surface area contributed by atoms with E-state index >= 15 is 0 Å². The fraction of sp³-hybridized carbons (Fsp3) is 0.0909. The van der Waals surface area contributed by atoms with Crippen LogP contribution in [0.1, 0.15) is 5.56 Å². The van der Waals surface area contributed by atoms with Crippen molar-refractivity contribution in [3.63, 3.8) is 0 Å². The topological polar surface area (TPSA) is 13.1 Å². The largest absolute Gasteiger partial charge is 0.455 e. The predicted octanol–water partition coefficient (Wildman–Crippen LogP) is 3.96. The lowest BCUT2D eigenvalue weighted by Gasteiger charge is -1.91. The van der Waals surface area contributed by atoms with Crippen molar-refractivity contribution in [1.29, 1.82) is 0 Å². The molecule has 0 saturated heterocycles. The molecule has 64 valence electrons. The number of aryl methyl sites for hydroxylation is 1. The van der Waals surface area contributed by atoms with Gasteiger partial charge in [0.1, 0.15) is 11.2 Å². The van der Waals surface area contributed by atoms with Crippen molar-refractivity contribution >= 4 is 32.6 Å². The maximum Gasteiger partial charge on any atom is 0.146 e. The van der Waals surface area contributed by atoms with Crippen LogP contribution in [0.15, 0.2) is 34.1 Å². The van der Waals surface area contributed by atoms with Crippen LogP contribution in [0.4, 0.5) is 0 Å². The van der Waals surface area contributed by atoms with E-state index < -0.39 is 0 Å². The fourth-order valence-corrected chi connectivity index (χ4v) is 2.49.